The van der Waals surface area contributed by atoms with E-state index < -0.39 is 5.41 Å². The van der Waals surface area contributed by atoms with Crippen LogP contribution in [0.25, 0.3) is 71.3 Å². The molecule has 0 N–H and O–H groups in total. The molecule has 2 heteroatoms. The van der Waals surface area contributed by atoms with Crippen molar-refractivity contribution in [2.45, 2.75) is 5.41 Å². The summed E-state index contributed by atoms with van der Waals surface area (Å²) >= 11 is 0. The van der Waals surface area contributed by atoms with E-state index in [1.807, 2.05) is 0 Å². The van der Waals surface area contributed by atoms with Gasteiger partial charge in [-0.3, -0.25) is 0 Å². The molecule has 49 heavy (non-hydrogen) atoms. The topological polar surface area (TPSA) is 18.1 Å². The molecule has 2 aromatic heterocycles. The maximum Gasteiger partial charge on any atom is 0.136 e. The molecule has 0 amide bonds. The molecule has 2 nitrogen and oxygen atoms in total. The van der Waals surface area contributed by atoms with Crippen molar-refractivity contribution in [1.29, 1.82) is 0 Å². The molecule has 1 aliphatic rings. The first-order chi connectivity index (χ1) is 24.3. The van der Waals surface area contributed by atoms with Gasteiger partial charge in [-0.05, 0) is 75.0 Å². The molecule has 10 aromatic rings. The van der Waals surface area contributed by atoms with Gasteiger partial charge in [0.2, 0.25) is 0 Å². The number of hydrogen-bond acceptors (Lipinski definition) is 1. The second-order valence-electron chi connectivity index (χ2n) is 13.2. The van der Waals surface area contributed by atoms with Crippen LogP contribution in [0.5, 0.6) is 0 Å². The second-order valence-corrected chi connectivity index (χ2v) is 13.2. The number of aromatic nitrogens is 1. The summed E-state index contributed by atoms with van der Waals surface area (Å²) in [4.78, 5) is 0. The normalized spacial score (nSPS) is 13.5. The van der Waals surface area contributed by atoms with Gasteiger partial charge in [-0.15, -0.1) is 0 Å². The Morgan fingerprint density at radius 1 is 0.429 bits per heavy atom. The highest BCUT2D eigenvalue weighted by Crippen LogP contribution is 2.58. The molecule has 0 radical (unpaired) electrons. The highest BCUT2D eigenvalue weighted by Gasteiger charge is 2.47. The van der Waals surface area contributed by atoms with E-state index in [1.54, 1.807) is 0 Å². The molecule has 0 spiro atoms. The molecule has 228 valence electrons. The number of rotatable bonds is 3. The lowest BCUT2D eigenvalue weighted by molar-refractivity contribution is 0.669. The highest BCUT2D eigenvalue weighted by atomic mass is 16.3. The van der Waals surface area contributed by atoms with Crippen LogP contribution < -0.4 is 0 Å². The fourth-order valence-electron chi connectivity index (χ4n) is 8.84. The molecule has 1 aliphatic carbocycles. The third-order valence-electron chi connectivity index (χ3n) is 10.8. The van der Waals surface area contributed by atoms with Crippen LogP contribution in [-0.4, -0.2) is 4.57 Å². The summed E-state index contributed by atoms with van der Waals surface area (Å²) in [6, 6.07) is 64.3. The summed E-state index contributed by atoms with van der Waals surface area (Å²) < 4.78 is 8.94. The van der Waals surface area contributed by atoms with Crippen LogP contribution in [-0.2, 0) is 5.41 Å². The summed E-state index contributed by atoms with van der Waals surface area (Å²) in [7, 11) is 0. The predicted octanol–water partition coefficient (Wildman–Crippen LogP) is 12.2. The molecule has 0 unspecified atom stereocenters. The zero-order chi connectivity index (χ0) is 32.1. The number of hydrogen-bond donors (Lipinski definition) is 0. The maximum atomic E-state index is 6.44. The van der Waals surface area contributed by atoms with Crippen LogP contribution in [0.3, 0.4) is 0 Å². The Morgan fingerprint density at radius 2 is 1.08 bits per heavy atom. The highest BCUT2D eigenvalue weighted by molar-refractivity contribution is 6.17. The van der Waals surface area contributed by atoms with Crippen molar-refractivity contribution in [3.8, 4) is 16.8 Å². The van der Waals surface area contributed by atoms with Crippen LogP contribution in [0.4, 0.5) is 0 Å². The van der Waals surface area contributed by atoms with Crippen molar-refractivity contribution in [3.05, 3.63) is 198 Å². The molecule has 0 bridgehead atoms. The predicted molar refractivity (Wildman–Crippen MR) is 203 cm³/mol. The van der Waals surface area contributed by atoms with Crippen molar-refractivity contribution in [3.63, 3.8) is 0 Å². The molecule has 2 heterocycles. The fraction of sp³-hybridized carbons (Fsp3) is 0.0213. The van der Waals surface area contributed by atoms with Gasteiger partial charge < -0.3 is 8.98 Å². The van der Waals surface area contributed by atoms with E-state index in [0.29, 0.717) is 0 Å². The van der Waals surface area contributed by atoms with Gasteiger partial charge in [0.15, 0.2) is 0 Å². The molecule has 11 rings (SSSR count). The smallest absolute Gasteiger partial charge is 0.136 e. The molecule has 0 atom stereocenters. The van der Waals surface area contributed by atoms with Crippen LogP contribution in [0.15, 0.2) is 180 Å². The number of furan rings is 1. The Hall–Kier alpha value is -6.38. The summed E-state index contributed by atoms with van der Waals surface area (Å²) in [5, 5.41) is 7.17. The van der Waals surface area contributed by atoms with Crippen LogP contribution in [0.1, 0.15) is 22.3 Å². The van der Waals surface area contributed by atoms with Crippen LogP contribution in [0, 0.1) is 0 Å². The maximum absolute atomic E-state index is 6.44. The van der Waals surface area contributed by atoms with Crippen molar-refractivity contribution < 1.29 is 4.42 Å². The number of fused-ring (bicyclic) bond motifs is 11. The van der Waals surface area contributed by atoms with Crippen LogP contribution >= 0.6 is 0 Å². The van der Waals surface area contributed by atoms with Crippen molar-refractivity contribution in [2.75, 3.05) is 0 Å². The first kappa shape index (κ1) is 26.7. The van der Waals surface area contributed by atoms with Gasteiger partial charge in [-0.1, -0.05) is 140 Å². The summed E-state index contributed by atoms with van der Waals surface area (Å²) in [6.07, 6.45) is 0. The number of nitrogens with zero attached hydrogens (tertiary/aromatic N) is 1. The fourth-order valence-corrected chi connectivity index (χ4v) is 8.84. The molecular weight excluding hydrogens is 595 g/mol. The summed E-state index contributed by atoms with van der Waals surface area (Å²) in [5.41, 5.74) is 12.6. The minimum Gasteiger partial charge on any atom is -0.456 e. The lowest BCUT2D eigenvalue weighted by Crippen LogP contribution is -2.28. The van der Waals surface area contributed by atoms with Gasteiger partial charge in [-0.25, -0.2) is 0 Å². The Balaban J connectivity index is 1.29. The average Bonchev–Trinajstić information content (AvgIpc) is 3.80. The van der Waals surface area contributed by atoms with Crippen LogP contribution in [0.2, 0.25) is 0 Å². The SMILES string of the molecule is c1ccc(C2(c3ccccc3)c3ccccc3-c3c2ccc2c4ccccc4n(-c4ccc5oc6cc7ccccc7cc6c5c4)c32)cc1. The standard InChI is InChI=1S/C47H29NO/c1-3-15-32(16-4-1)47(33-17-5-2-6-18-33)40-21-11-9-20-37(40)45-41(47)25-24-36-35-19-10-12-22-42(35)48(46(36)45)34-23-26-43-39(29-34)38-27-30-13-7-8-14-31(30)28-44(38)49-43/h1-29H. The second kappa shape index (κ2) is 9.82. The third-order valence-corrected chi connectivity index (χ3v) is 10.8. The number of benzene rings is 8. The minimum atomic E-state index is -0.463. The average molecular weight is 624 g/mol. The molecule has 8 aromatic carbocycles. The van der Waals surface area contributed by atoms with E-state index in [-0.39, 0.29) is 0 Å². The van der Waals surface area contributed by atoms with E-state index in [2.05, 4.69) is 180 Å². The number of para-hydroxylation sites is 1. The van der Waals surface area contributed by atoms with Gasteiger partial charge in [-0.2, -0.15) is 0 Å². The van der Waals surface area contributed by atoms with E-state index in [9.17, 15) is 0 Å². The van der Waals surface area contributed by atoms with Crippen molar-refractivity contribution in [1.82, 2.24) is 4.57 Å². The van der Waals surface area contributed by atoms with Gasteiger partial charge in [0, 0.05) is 32.8 Å². The van der Waals surface area contributed by atoms with E-state index in [1.165, 1.54) is 66.0 Å². The Kier molecular flexibility index (Phi) is 5.34. The lowest BCUT2D eigenvalue weighted by Gasteiger charge is -2.33. The van der Waals surface area contributed by atoms with Gasteiger partial charge >= 0.3 is 0 Å². The molecule has 0 saturated carbocycles. The largest absolute Gasteiger partial charge is 0.456 e. The van der Waals surface area contributed by atoms with E-state index >= 15 is 0 Å². The molecule has 0 fully saturated rings. The van der Waals surface area contributed by atoms with E-state index in [4.69, 9.17) is 4.42 Å². The third kappa shape index (κ3) is 3.50. The summed E-state index contributed by atoms with van der Waals surface area (Å²) in [5.74, 6) is 0. The quantitative estimate of drug-likeness (QED) is 0.191. The zero-order valence-corrected chi connectivity index (χ0v) is 26.6. The Labute approximate surface area is 283 Å². The molecular formula is C47H29NO. The van der Waals surface area contributed by atoms with Crippen molar-refractivity contribution in [2.24, 2.45) is 0 Å². The Bertz CT molecular complexity index is 2890. The van der Waals surface area contributed by atoms with Crippen molar-refractivity contribution >= 4 is 54.5 Å². The summed E-state index contributed by atoms with van der Waals surface area (Å²) in [6.45, 7) is 0. The van der Waals surface area contributed by atoms with Gasteiger partial charge in [0.25, 0.3) is 0 Å². The zero-order valence-electron chi connectivity index (χ0n) is 26.6. The molecule has 0 aliphatic heterocycles. The minimum absolute atomic E-state index is 0.463. The first-order valence-electron chi connectivity index (χ1n) is 16.9. The first-order valence-corrected chi connectivity index (χ1v) is 16.9. The van der Waals surface area contributed by atoms with E-state index in [0.717, 1.165) is 27.6 Å². The Morgan fingerprint density at radius 3 is 1.88 bits per heavy atom. The van der Waals surface area contributed by atoms with Gasteiger partial charge in [0.1, 0.15) is 11.2 Å². The van der Waals surface area contributed by atoms with Gasteiger partial charge in [0.05, 0.1) is 16.4 Å². The molecule has 0 saturated heterocycles. The lowest BCUT2D eigenvalue weighted by atomic mass is 9.67. The monoisotopic (exact) mass is 623 g/mol.